The van der Waals surface area contributed by atoms with E-state index in [1.807, 2.05) is 43.8 Å². The van der Waals surface area contributed by atoms with E-state index in [1.54, 1.807) is 0 Å². The van der Waals surface area contributed by atoms with Crippen molar-refractivity contribution in [1.29, 1.82) is 0 Å². The summed E-state index contributed by atoms with van der Waals surface area (Å²) in [5, 5.41) is 0. The van der Waals surface area contributed by atoms with E-state index >= 15 is 0 Å². The zero-order chi connectivity index (χ0) is 32.9. The molecule has 7 aromatic rings. The van der Waals surface area contributed by atoms with Crippen LogP contribution in [0, 0.1) is 13.0 Å². The molecule has 47 heavy (non-hydrogen) atoms. The molecule has 4 heteroatoms. The van der Waals surface area contributed by atoms with Crippen LogP contribution >= 0.6 is 19.5 Å². The summed E-state index contributed by atoms with van der Waals surface area (Å²) < 4.78 is 9.00. The van der Waals surface area contributed by atoms with Crippen LogP contribution in [0.25, 0.3) is 0 Å². The van der Waals surface area contributed by atoms with Crippen LogP contribution in [0.3, 0.4) is 0 Å². The fourth-order valence-corrected chi connectivity index (χ4v) is 15.9. The number of rotatable bonds is 6. The van der Waals surface area contributed by atoms with Gasteiger partial charge in [0.05, 0.1) is 0 Å². The molecule has 0 aliphatic carbocycles. The summed E-state index contributed by atoms with van der Waals surface area (Å²) in [5.74, 6) is 0. The van der Waals surface area contributed by atoms with Crippen LogP contribution in [0.5, 0.6) is 0 Å². The molecule has 0 saturated carbocycles. The Balaban J connectivity index is 0.000000170. The number of halogens is 1. The Kier molecular flexibility index (Phi) is 17.1. The molecule has 7 aromatic carbocycles. The van der Waals surface area contributed by atoms with Crippen molar-refractivity contribution < 1.29 is 15.6 Å². The molecule has 0 fully saturated rings. The molecule has 0 aliphatic heterocycles. The zero-order valence-electron chi connectivity index (χ0n) is 26.3. The molecule has 0 heterocycles. The first kappa shape index (κ1) is 36.9. The Hall–Kier alpha value is -2.95. The molecule has 0 N–H and O–H groups in total. The van der Waals surface area contributed by atoms with Gasteiger partial charge < -0.3 is 0 Å². The number of aryl methyl sites for hydroxylation is 1. The average molecular weight is 939 g/mol. The second-order valence-corrected chi connectivity index (χ2v) is 20.9. The molecule has 0 unspecified atom stereocenters. The van der Waals surface area contributed by atoms with Gasteiger partial charge in [-0.2, -0.15) is 35.9 Å². The Morgan fingerprint density at radius 3 is 0.681 bits per heavy atom. The van der Waals surface area contributed by atoms with Crippen molar-refractivity contribution in [2.75, 3.05) is 0 Å². The Morgan fingerprint density at radius 2 is 0.532 bits per heavy atom. The van der Waals surface area contributed by atoms with Crippen molar-refractivity contribution in [2.24, 2.45) is 0 Å². The maximum absolute atomic E-state index is 2.93. The molecule has 0 aromatic heterocycles. The second kappa shape index (κ2) is 21.8. The summed E-state index contributed by atoms with van der Waals surface area (Å²) in [6.45, 7) is 2.06. The van der Waals surface area contributed by atoms with E-state index in [2.05, 4.69) is 211 Å². The predicted molar refractivity (Wildman–Crippen MR) is 215 cm³/mol. The Labute approximate surface area is 312 Å². The van der Waals surface area contributed by atoms with Crippen LogP contribution in [0.4, 0.5) is 0 Å². The first-order chi connectivity index (χ1) is 23.3. The van der Waals surface area contributed by atoms with Crippen LogP contribution in [0.2, 0.25) is 0 Å². The van der Waals surface area contributed by atoms with Gasteiger partial charge in [0.2, 0.25) is 0 Å². The quantitative estimate of drug-likeness (QED) is 0.101. The fraction of sp³-hybridized carbons (Fsp3) is 0.0233. The predicted octanol–water partition coefficient (Wildman–Crippen LogP) is 6.55. The minimum absolute atomic E-state index is 1.29. The van der Waals surface area contributed by atoms with E-state index < -0.39 is 29.3 Å². The van der Waals surface area contributed by atoms with E-state index in [9.17, 15) is 0 Å². The normalized spacial score (nSPS) is 10.0. The van der Waals surface area contributed by atoms with Crippen LogP contribution in [-0.2, 0) is 15.6 Å². The summed E-state index contributed by atoms with van der Waals surface area (Å²) in [6.07, 6.45) is 0. The third kappa shape index (κ3) is 12.2. The van der Waals surface area contributed by atoms with Crippen LogP contribution in [-0.4, -0.2) is 29.3 Å². The summed E-state index contributed by atoms with van der Waals surface area (Å²) in [6, 6.07) is 76.4. The van der Waals surface area contributed by atoms with Gasteiger partial charge >= 0.3 is 273 Å². The third-order valence-corrected chi connectivity index (χ3v) is 18.7. The van der Waals surface area contributed by atoms with Gasteiger partial charge in [-0.1, -0.05) is 6.92 Å². The van der Waals surface area contributed by atoms with E-state index in [0.717, 1.165) is 0 Å². The van der Waals surface area contributed by atoms with Crippen molar-refractivity contribution in [1.82, 2.24) is 0 Å². The first-order valence-electron chi connectivity index (χ1n) is 15.4. The molecule has 0 aliphatic rings. The molecule has 2 radical (unpaired) electrons. The van der Waals surface area contributed by atoms with Gasteiger partial charge in [-0.3, -0.25) is 0 Å². The maximum atomic E-state index is 2.93. The van der Waals surface area contributed by atoms with Crippen LogP contribution < -0.4 is 26.1 Å². The topological polar surface area (TPSA) is 0 Å². The van der Waals surface area contributed by atoms with Crippen LogP contribution in [0.15, 0.2) is 206 Å². The minimum atomic E-state index is -1.63. The molecule has 0 atom stereocenters. The number of hydrogen-bond acceptors (Lipinski definition) is 0. The van der Waals surface area contributed by atoms with Gasteiger partial charge in [0.25, 0.3) is 0 Å². The SMILES string of the molecule is Cc1cc[c-]cc1.[Pd+][I].c1ccc([AsH](c2ccccc2)c2ccccc2)cc1.c1ccc([AsH](c2ccccc2)c2ccccc2)cc1. The number of benzene rings is 7. The van der Waals surface area contributed by atoms with Gasteiger partial charge in [-0.05, 0) is 0 Å². The Bertz CT molecular complexity index is 1470. The van der Waals surface area contributed by atoms with E-state index in [0.29, 0.717) is 0 Å². The van der Waals surface area contributed by atoms with Gasteiger partial charge in [-0.15, -0.1) is 0 Å². The molecular weight excluding hydrogens is 900 g/mol. The fourth-order valence-electron chi connectivity index (χ4n) is 5.10. The number of hydrogen-bond donors (Lipinski definition) is 0. The molecule has 7 rings (SSSR count). The van der Waals surface area contributed by atoms with E-state index in [1.165, 1.54) is 31.7 Å². The van der Waals surface area contributed by atoms with Crippen molar-refractivity contribution in [2.45, 2.75) is 6.92 Å². The molecule has 0 saturated heterocycles. The molecule has 0 spiro atoms. The average Bonchev–Trinajstić information content (AvgIpc) is 3.16. The van der Waals surface area contributed by atoms with Crippen LogP contribution in [0.1, 0.15) is 5.56 Å². The van der Waals surface area contributed by atoms with Crippen molar-refractivity contribution in [3.8, 4) is 0 Å². The van der Waals surface area contributed by atoms with Gasteiger partial charge in [0, 0.05) is 0 Å². The van der Waals surface area contributed by atoms with Gasteiger partial charge in [0.15, 0.2) is 0 Å². The molecule has 238 valence electrons. The van der Waals surface area contributed by atoms with Crippen molar-refractivity contribution in [3.63, 3.8) is 0 Å². The van der Waals surface area contributed by atoms with Gasteiger partial charge in [-0.25, -0.2) is 0 Å². The second-order valence-electron chi connectivity index (χ2n) is 10.5. The van der Waals surface area contributed by atoms with Gasteiger partial charge in [0.1, 0.15) is 0 Å². The summed E-state index contributed by atoms with van der Waals surface area (Å²) in [5.41, 5.74) is 1.29. The van der Waals surface area contributed by atoms with Crippen molar-refractivity contribution >= 4 is 74.9 Å². The molecule has 0 bridgehead atoms. The molecular formula is C43H39As2IPd. The van der Waals surface area contributed by atoms with E-state index in [4.69, 9.17) is 0 Å². The molecule has 0 nitrogen and oxygen atoms in total. The zero-order valence-corrected chi connectivity index (χ0v) is 34.2. The molecule has 0 amide bonds. The Morgan fingerprint density at radius 1 is 0.340 bits per heavy atom. The van der Waals surface area contributed by atoms with Crippen molar-refractivity contribution in [3.05, 3.63) is 218 Å². The standard InChI is InChI=1S/2C18H16As.C7H7.HI.Pd/c2*1-4-10-16(11-5-1)19(17-12-6-2-7-13-17)18-14-8-3-9-15-18;1-7-5-3-2-4-6-7;;/h2*1-15,19H;3-6H,1H3;1H;/q;;-1;;+2/p-1. The summed E-state index contributed by atoms with van der Waals surface area (Å²) in [7, 11) is 0. The summed E-state index contributed by atoms with van der Waals surface area (Å²) >= 11 is 1.46. The van der Waals surface area contributed by atoms with E-state index in [-0.39, 0.29) is 0 Å². The monoisotopic (exact) mass is 938 g/mol. The summed E-state index contributed by atoms with van der Waals surface area (Å²) in [4.78, 5) is 0. The first-order valence-corrected chi connectivity index (χ1v) is 26.3. The third-order valence-electron chi connectivity index (χ3n) is 7.26.